The molecule has 2 heterocycles. The Hall–Kier alpha value is -2.03. The third-order valence-electron chi connectivity index (χ3n) is 4.24. The van der Waals surface area contributed by atoms with Gasteiger partial charge in [0.05, 0.1) is 5.54 Å². The maximum Gasteiger partial charge on any atom is 0.270 e. The highest BCUT2D eigenvalue weighted by atomic mass is 16.2. The van der Waals surface area contributed by atoms with Crippen LogP contribution in [0.1, 0.15) is 37.7 Å². The maximum atomic E-state index is 12.8. The van der Waals surface area contributed by atoms with Gasteiger partial charge in [0, 0.05) is 18.8 Å². The molecule has 1 aromatic heterocycles. The molecule has 0 bridgehead atoms. The van der Waals surface area contributed by atoms with E-state index in [0.717, 1.165) is 36.5 Å². The van der Waals surface area contributed by atoms with Crippen LogP contribution in [-0.2, 0) is 6.54 Å². The van der Waals surface area contributed by atoms with E-state index in [0.29, 0.717) is 0 Å². The minimum Gasteiger partial charge on any atom is -0.334 e. The number of fused-ring (bicyclic) bond motifs is 1. The topological polar surface area (TPSA) is 25.2 Å². The second-order valence-electron chi connectivity index (χ2n) is 6.33. The molecule has 1 aromatic carbocycles. The standard InChI is InChI=1S/C18H22N2O/c1-4-12-20-17(21)16-11-10-15(14-8-6-5-7-9-14)19(16)13-18(20,2)3/h5-11H,4,12-13H2,1-3H3. The van der Waals surface area contributed by atoms with Gasteiger partial charge >= 0.3 is 0 Å². The SMILES string of the molecule is CCCN1C(=O)c2ccc(-c3ccccc3)n2CC1(C)C. The summed E-state index contributed by atoms with van der Waals surface area (Å²) in [5.41, 5.74) is 2.95. The van der Waals surface area contributed by atoms with Gasteiger partial charge in [-0.1, -0.05) is 37.3 Å². The van der Waals surface area contributed by atoms with Gasteiger partial charge in [-0.05, 0) is 38.0 Å². The van der Waals surface area contributed by atoms with Crippen LogP contribution in [0.25, 0.3) is 11.3 Å². The molecular formula is C18H22N2O. The van der Waals surface area contributed by atoms with Crippen LogP contribution < -0.4 is 0 Å². The van der Waals surface area contributed by atoms with Gasteiger partial charge in [0.25, 0.3) is 5.91 Å². The molecule has 3 nitrogen and oxygen atoms in total. The van der Waals surface area contributed by atoms with Gasteiger partial charge in [-0.15, -0.1) is 0 Å². The molecule has 0 unspecified atom stereocenters. The fourth-order valence-corrected chi connectivity index (χ4v) is 3.20. The number of carbonyl (C=O) groups excluding carboxylic acids is 1. The molecule has 0 atom stereocenters. The fraction of sp³-hybridized carbons (Fsp3) is 0.389. The summed E-state index contributed by atoms with van der Waals surface area (Å²) in [7, 11) is 0. The third-order valence-corrected chi connectivity index (χ3v) is 4.24. The molecule has 0 spiro atoms. The van der Waals surface area contributed by atoms with Gasteiger partial charge in [-0.2, -0.15) is 0 Å². The molecular weight excluding hydrogens is 260 g/mol. The van der Waals surface area contributed by atoms with Crippen molar-refractivity contribution in [2.75, 3.05) is 6.54 Å². The lowest BCUT2D eigenvalue weighted by Crippen LogP contribution is -2.54. The largest absolute Gasteiger partial charge is 0.334 e. The van der Waals surface area contributed by atoms with Gasteiger partial charge in [0.1, 0.15) is 5.69 Å². The van der Waals surface area contributed by atoms with Crippen molar-refractivity contribution in [2.45, 2.75) is 39.3 Å². The molecule has 3 rings (SSSR count). The van der Waals surface area contributed by atoms with Crippen molar-refractivity contribution >= 4 is 5.91 Å². The van der Waals surface area contributed by atoms with E-state index in [1.54, 1.807) is 0 Å². The first-order valence-electron chi connectivity index (χ1n) is 7.61. The van der Waals surface area contributed by atoms with Gasteiger partial charge < -0.3 is 9.47 Å². The summed E-state index contributed by atoms with van der Waals surface area (Å²) >= 11 is 0. The molecule has 1 amide bonds. The first-order chi connectivity index (χ1) is 10.0. The predicted octanol–water partition coefficient (Wildman–Crippen LogP) is 3.80. The summed E-state index contributed by atoms with van der Waals surface area (Å²) in [4.78, 5) is 14.8. The number of hydrogen-bond donors (Lipinski definition) is 0. The quantitative estimate of drug-likeness (QED) is 0.840. The second-order valence-corrected chi connectivity index (χ2v) is 6.33. The summed E-state index contributed by atoms with van der Waals surface area (Å²) in [6.07, 6.45) is 0.988. The lowest BCUT2D eigenvalue weighted by Gasteiger charge is -2.43. The fourth-order valence-electron chi connectivity index (χ4n) is 3.20. The predicted molar refractivity (Wildman–Crippen MR) is 85.3 cm³/mol. The molecule has 0 radical (unpaired) electrons. The van der Waals surface area contributed by atoms with Crippen LogP contribution in [0, 0.1) is 0 Å². The highest BCUT2D eigenvalue weighted by Gasteiger charge is 2.38. The van der Waals surface area contributed by atoms with E-state index in [1.807, 2.05) is 29.2 Å². The number of nitrogens with zero attached hydrogens (tertiary/aromatic N) is 2. The van der Waals surface area contributed by atoms with Crippen molar-refractivity contribution in [1.29, 1.82) is 0 Å². The monoisotopic (exact) mass is 282 g/mol. The molecule has 3 heteroatoms. The minimum atomic E-state index is -0.150. The Morgan fingerprint density at radius 1 is 1.05 bits per heavy atom. The summed E-state index contributed by atoms with van der Waals surface area (Å²) in [6.45, 7) is 8.08. The molecule has 0 saturated heterocycles. The number of carbonyl (C=O) groups is 1. The smallest absolute Gasteiger partial charge is 0.270 e. The summed E-state index contributed by atoms with van der Waals surface area (Å²) in [5.74, 6) is 0.148. The Labute approximate surface area is 126 Å². The van der Waals surface area contributed by atoms with Crippen molar-refractivity contribution in [2.24, 2.45) is 0 Å². The Balaban J connectivity index is 2.07. The number of hydrogen-bond acceptors (Lipinski definition) is 1. The summed E-state index contributed by atoms with van der Waals surface area (Å²) in [5, 5.41) is 0. The zero-order valence-electron chi connectivity index (χ0n) is 13.0. The normalized spacial score (nSPS) is 16.9. The molecule has 110 valence electrons. The molecule has 0 N–H and O–H groups in total. The van der Waals surface area contributed by atoms with Crippen LogP contribution in [0.5, 0.6) is 0 Å². The summed E-state index contributed by atoms with van der Waals surface area (Å²) < 4.78 is 2.17. The van der Waals surface area contributed by atoms with Gasteiger partial charge in [-0.25, -0.2) is 0 Å². The summed E-state index contributed by atoms with van der Waals surface area (Å²) in [6, 6.07) is 14.3. The molecule has 1 aliphatic rings. The molecule has 0 fully saturated rings. The Kier molecular flexibility index (Phi) is 3.36. The third kappa shape index (κ3) is 2.27. The van der Waals surface area contributed by atoms with Crippen molar-refractivity contribution < 1.29 is 4.79 Å². The average Bonchev–Trinajstić information content (AvgIpc) is 2.87. The molecule has 0 saturated carbocycles. The van der Waals surface area contributed by atoms with Crippen molar-refractivity contribution in [3.05, 3.63) is 48.2 Å². The lowest BCUT2D eigenvalue weighted by molar-refractivity contribution is 0.0420. The van der Waals surface area contributed by atoms with Crippen LogP contribution in [0.4, 0.5) is 0 Å². The Bertz CT molecular complexity index is 655. The van der Waals surface area contributed by atoms with E-state index >= 15 is 0 Å². The van der Waals surface area contributed by atoms with Crippen molar-refractivity contribution in [1.82, 2.24) is 9.47 Å². The highest BCUT2D eigenvalue weighted by molar-refractivity contribution is 5.95. The van der Waals surface area contributed by atoms with Gasteiger partial charge in [-0.3, -0.25) is 4.79 Å². The van der Waals surface area contributed by atoms with Crippen LogP contribution in [-0.4, -0.2) is 27.5 Å². The van der Waals surface area contributed by atoms with E-state index in [1.165, 1.54) is 0 Å². The number of aromatic nitrogens is 1. The van der Waals surface area contributed by atoms with Gasteiger partial charge in [0.15, 0.2) is 0 Å². The van der Waals surface area contributed by atoms with Crippen LogP contribution >= 0.6 is 0 Å². The van der Waals surface area contributed by atoms with E-state index in [-0.39, 0.29) is 11.4 Å². The highest BCUT2D eigenvalue weighted by Crippen LogP contribution is 2.32. The van der Waals surface area contributed by atoms with Crippen LogP contribution in [0.3, 0.4) is 0 Å². The van der Waals surface area contributed by atoms with E-state index in [9.17, 15) is 4.79 Å². The molecule has 1 aliphatic heterocycles. The molecule has 0 aliphatic carbocycles. The van der Waals surface area contributed by atoms with E-state index in [4.69, 9.17) is 0 Å². The zero-order chi connectivity index (χ0) is 15.0. The zero-order valence-corrected chi connectivity index (χ0v) is 13.0. The van der Waals surface area contributed by atoms with Crippen molar-refractivity contribution in [3.63, 3.8) is 0 Å². The average molecular weight is 282 g/mol. The Morgan fingerprint density at radius 3 is 2.38 bits per heavy atom. The van der Waals surface area contributed by atoms with Crippen LogP contribution in [0.2, 0.25) is 0 Å². The number of benzene rings is 1. The van der Waals surface area contributed by atoms with E-state index < -0.39 is 0 Å². The maximum absolute atomic E-state index is 12.8. The molecule has 2 aromatic rings. The Morgan fingerprint density at radius 2 is 1.71 bits per heavy atom. The van der Waals surface area contributed by atoms with Crippen LogP contribution in [0.15, 0.2) is 42.5 Å². The molecule has 21 heavy (non-hydrogen) atoms. The van der Waals surface area contributed by atoms with E-state index in [2.05, 4.69) is 43.5 Å². The number of amides is 1. The second kappa shape index (κ2) is 5.06. The number of rotatable bonds is 3. The van der Waals surface area contributed by atoms with Gasteiger partial charge in [0.2, 0.25) is 0 Å². The first-order valence-corrected chi connectivity index (χ1v) is 7.61. The minimum absolute atomic E-state index is 0.148. The van der Waals surface area contributed by atoms with Crippen molar-refractivity contribution in [3.8, 4) is 11.3 Å². The first kappa shape index (κ1) is 13.9. The lowest BCUT2D eigenvalue weighted by atomic mass is 9.98.